The van der Waals surface area contributed by atoms with Crippen molar-refractivity contribution < 1.29 is 0 Å². The SMILES string of the molecule is CCCN(CCC)c1ccc(CCc2c[c]ccc2)cc1. The average molecular weight is 280 g/mol. The molecule has 2 aromatic carbocycles. The van der Waals surface area contributed by atoms with Gasteiger partial charge in [-0.05, 0) is 55.0 Å². The van der Waals surface area contributed by atoms with Gasteiger partial charge in [0.2, 0.25) is 0 Å². The zero-order valence-electron chi connectivity index (χ0n) is 13.3. The molecule has 2 aromatic rings. The largest absolute Gasteiger partial charge is 0.372 e. The van der Waals surface area contributed by atoms with Crippen molar-refractivity contribution in [3.8, 4) is 0 Å². The van der Waals surface area contributed by atoms with E-state index in [-0.39, 0.29) is 0 Å². The number of hydrogen-bond acceptors (Lipinski definition) is 1. The van der Waals surface area contributed by atoms with Gasteiger partial charge < -0.3 is 4.90 Å². The molecule has 1 radical (unpaired) electrons. The summed E-state index contributed by atoms with van der Waals surface area (Å²) in [5.41, 5.74) is 4.13. The van der Waals surface area contributed by atoms with E-state index in [9.17, 15) is 0 Å². The standard InChI is InChI=1S/C20H26N/c1-3-16-21(17-4-2)20-14-12-19(13-15-20)11-10-18-8-6-5-7-9-18/h5-6,8-9,12-15H,3-4,10-11,16-17H2,1-2H3. The summed E-state index contributed by atoms with van der Waals surface area (Å²) in [6, 6.07) is 20.5. The monoisotopic (exact) mass is 280 g/mol. The third-order valence-electron chi connectivity index (χ3n) is 3.76. The lowest BCUT2D eigenvalue weighted by Crippen LogP contribution is -2.24. The van der Waals surface area contributed by atoms with Crippen molar-refractivity contribution in [3.05, 3.63) is 65.7 Å². The maximum Gasteiger partial charge on any atom is 0.0366 e. The van der Waals surface area contributed by atoms with E-state index in [2.05, 4.69) is 67.3 Å². The van der Waals surface area contributed by atoms with Gasteiger partial charge in [-0.3, -0.25) is 0 Å². The fourth-order valence-electron chi connectivity index (χ4n) is 2.66. The first-order valence-corrected chi connectivity index (χ1v) is 8.12. The number of hydrogen-bond donors (Lipinski definition) is 0. The Kier molecular flexibility index (Phi) is 6.33. The first-order chi connectivity index (χ1) is 10.3. The van der Waals surface area contributed by atoms with E-state index in [1.54, 1.807) is 0 Å². The van der Waals surface area contributed by atoms with Crippen LogP contribution in [-0.2, 0) is 12.8 Å². The highest BCUT2D eigenvalue weighted by atomic mass is 15.1. The van der Waals surface area contributed by atoms with Crippen molar-refractivity contribution in [2.24, 2.45) is 0 Å². The third kappa shape index (κ3) is 4.93. The highest BCUT2D eigenvalue weighted by molar-refractivity contribution is 5.47. The predicted octanol–water partition coefficient (Wildman–Crippen LogP) is 4.90. The van der Waals surface area contributed by atoms with Gasteiger partial charge in [0, 0.05) is 18.8 Å². The van der Waals surface area contributed by atoms with E-state index < -0.39 is 0 Å². The molecule has 0 aliphatic rings. The molecule has 1 nitrogen and oxygen atoms in total. The van der Waals surface area contributed by atoms with Crippen molar-refractivity contribution in [1.29, 1.82) is 0 Å². The second kappa shape index (κ2) is 8.51. The van der Waals surface area contributed by atoms with Crippen molar-refractivity contribution >= 4 is 5.69 Å². The van der Waals surface area contributed by atoms with E-state index in [1.807, 2.05) is 6.07 Å². The smallest absolute Gasteiger partial charge is 0.0366 e. The molecule has 0 aliphatic carbocycles. The van der Waals surface area contributed by atoms with E-state index in [0.717, 1.165) is 25.9 Å². The van der Waals surface area contributed by atoms with Crippen molar-refractivity contribution in [2.45, 2.75) is 39.5 Å². The maximum atomic E-state index is 3.14. The molecular weight excluding hydrogens is 254 g/mol. The summed E-state index contributed by atoms with van der Waals surface area (Å²) in [7, 11) is 0. The summed E-state index contributed by atoms with van der Waals surface area (Å²) in [6.07, 6.45) is 4.59. The van der Waals surface area contributed by atoms with Gasteiger partial charge in [0.05, 0.1) is 0 Å². The molecule has 0 aliphatic heterocycles. The van der Waals surface area contributed by atoms with Gasteiger partial charge in [-0.25, -0.2) is 0 Å². The van der Waals surface area contributed by atoms with Gasteiger partial charge in [0.25, 0.3) is 0 Å². The van der Waals surface area contributed by atoms with E-state index in [4.69, 9.17) is 0 Å². The van der Waals surface area contributed by atoms with Crippen LogP contribution in [0, 0.1) is 6.07 Å². The van der Waals surface area contributed by atoms with Gasteiger partial charge in [0.15, 0.2) is 0 Å². The molecule has 21 heavy (non-hydrogen) atoms. The molecule has 1 heteroatoms. The van der Waals surface area contributed by atoms with Crippen LogP contribution in [-0.4, -0.2) is 13.1 Å². The van der Waals surface area contributed by atoms with Crippen LogP contribution in [0.3, 0.4) is 0 Å². The van der Waals surface area contributed by atoms with Gasteiger partial charge in [-0.2, -0.15) is 0 Å². The molecule has 0 fully saturated rings. The summed E-state index contributed by atoms with van der Waals surface area (Å²) < 4.78 is 0. The molecule has 111 valence electrons. The Hall–Kier alpha value is -1.76. The molecule has 0 bridgehead atoms. The quantitative estimate of drug-likeness (QED) is 0.665. The van der Waals surface area contributed by atoms with Crippen molar-refractivity contribution in [2.75, 3.05) is 18.0 Å². The first kappa shape index (κ1) is 15.6. The molecular formula is C20H26N. The topological polar surface area (TPSA) is 3.24 Å². The molecule has 0 N–H and O–H groups in total. The third-order valence-corrected chi connectivity index (χ3v) is 3.76. The highest BCUT2D eigenvalue weighted by Crippen LogP contribution is 2.17. The molecule has 0 saturated carbocycles. The predicted molar refractivity (Wildman–Crippen MR) is 91.9 cm³/mol. The minimum Gasteiger partial charge on any atom is -0.372 e. The number of rotatable bonds is 8. The van der Waals surface area contributed by atoms with E-state index >= 15 is 0 Å². The van der Waals surface area contributed by atoms with Crippen LogP contribution in [0.1, 0.15) is 37.8 Å². The summed E-state index contributed by atoms with van der Waals surface area (Å²) in [5, 5.41) is 0. The Bertz CT molecular complexity index is 495. The van der Waals surface area contributed by atoms with Crippen LogP contribution in [0.5, 0.6) is 0 Å². The first-order valence-electron chi connectivity index (χ1n) is 8.12. The zero-order valence-corrected chi connectivity index (χ0v) is 13.3. The fourth-order valence-corrected chi connectivity index (χ4v) is 2.66. The van der Waals surface area contributed by atoms with Crippen LogP contribution in [0.15, 0.2) is 48.5 Å². The second-order valence-corrected chi connectivity index (χ2v) is 5.57. The number of aryl methyl sites for hydroxylation is 2. The molecule has 0 saturated heterocycles. The van der Waals surface area contributed by atoms with E-state index in [1.165, 1.54) is 29.7 Å². The minimum absolute atomic E-state index is 1.09. The van der Waals surface area contributed by atoms with Crippen LogP contribution < -0.4 is 4.90 Å². The Morgan fingerprint density at radius 1 is 0.857 bits per heavy atom. The number of nitrogens with zero attached hydrogens (tertiary/aromatic N) is 1. The summed E-state index contributed by atoms with van der Waals surface area (Å²) in [4.78, 5) is 2.48. The molecule has 0 heterocycles. The zero-order chi connectivity index (χ0) is 14.9. The lowest BCUT2D eigenvalue weighted by molar-refractivity contribution is 0.744. The van der Waals surface area contributed by atoms with Gasteiger partial charge in [-0.15, -0.1) is 0 Å². The Morgan fingerprint density at radius 3 is 2.10 bits per heavy atom. The molecule has 2 rings (SSSR count). The summed E-state index contributed by atoms with van der Waals surface area (Å²) >= 11 is 0. The molecule has 0 atom stereocenters. The van der Waals surface area contributed by atoms with Gasteiger partial charge in [-0.1, -0.05) is 50.2 Å². The maximum absolute atomic E-state index is 3.14. The van der Waals surface area contributed by atoms with Crippen LogP contribution in [0.2, 0.25) is 0 Å². The molecule has 0 unspecified atom stereocenters. The van der Waals surface area contributed by atoms with Crippen molar-refractivity contribution in [1.82, 2.24) is 0 Å². The average Bonchev–Trinajstić information content (AvgIpc) is 2.54. The van der Waals surface area contributed by atoms with E-state index in [0.29, 0.717) is 0 Å². The van der Waals surface area contributed by atoms with Gasteiger partial charge >= 0.3 is 0 Å². The van der Waals surface area contributed by atoms with Gasteiger partial charge in [0.1, 0.15) is 0 Å². The number of anilines is 1. The number of benzene rings is 2. The highest BCUT2D eigenvalue weighted by Gasteiger charge is 2.04. The minimum atomic E-state index is 1.09. The van der Waals surface area contributed by atoms with Crippen LogP contribution in [0.25, 0.3) is 0 Å². The van der Waals surface area contributed by atoms with Crippen LogP contribution in [0.4, 0.5) is 5.69 Å². The molecule has 0 aromatic heterocycles. The van der Waals surface area contributed by atoms with Crippen LogP contribution >= 0.6 is 0 Å². The normalized spacial score (nSPS) is 10.6. The fraction of sp³-hybridized carbons (Fsp3) is 0.400. The molecule has 0 spiro atoms. The lowest BCUT2D eigenvalue weighted by atomic mass is 10.0. The summed E-state index contributed by atoms with van der Waals surface area (Å²) in [5.74, 6) is 0. The Balaban J connectivity index is 1.94. The molecule has 0 amide bonds. The Morgan fingerprint density at radius 2 is 1.52 bits per heavy atom. The summed E-state index contributed by atoms with van der Waals surface area (Å²) in [6.45, 7) is 6.78. The second-order valence-electron chi connectivity index (χ2n) is 5.57. The Labute approximate surface area is 129 Å². The lowest BCUT2D eigenvalue weighted by Gasteiger charge is -2.24. The van der Waals surface area contributed by atoms with Crippen molar-refractivity contribution in [3.63, 3.8) is 0 Å².